The molecule has 22 heavy (non-hydrogen) atoms. The molecule has 1 amide bonds. The van der Waals surface area contributed by atoms with Crippen molar-refractivity contribution in [3.05, 3.63) is 58.1 Å². The van der Waals surface area contributed by atoms with E-state index in [1.165, 1.54) is 18.2 Å². The van der Waals surface area contributed by atoms with Gasteiger partial charge in [0.2, 0.25) is 0 Å². The number of anilines is 2. The lowest BCUT2D eigenvalue weighted by Gasteiger charge is -2.14. The van der Waals surface area contributed by atoms with Crippen LogP contribution >= 0.6 is 0 Å². The van der Waals surface area contributed by atoms with Gasteiger partial charge in [0.1, 0.15) is 0 Å². The summed E-state index contributed by atoms with van der Waals surface area (Å²) in [7, 11) is 0. The maximum Gasteiger partial charge on any atom is 0.250 e. The highest BCUT2D eigenvalue weighted by atomic mass is 16.1. The Morgan fingerprint density at radius 3 is 2.32 bits per heavy atom. The van der Waals surface area contributed by atoms with Crippen molar-refractivity contribution in [2.45, 2.75) is 6.92 Å². The molecule has 0 fully saturated rings. The van der Waals surface area contributed by atoms with Gasteiger partial charge in [0.05, 0.1) is 16.8 Å². The van der Waals surface area contributed by atoms with Crippen molar-refractivity contribution >= 4 is 29.4 Å². The van der Waals surface area contributed by atoms with Crippen molar-refractivity contribution < 1.29 is 14.4 Å². The van der Waals surface area contributed by atoms with E-state index in [1.807, 2.05) is 0 Å². The molecule has 0 atom stereocenters. The summed E-state index contributed by atoms with van der Waals surface area (Å²) in [6, 6.07) is 7.65. The number of nitrogen functional groups attached to an aromatic ring is 2. The Hall–Kier alpha value is -3.15. The topological polar surface area (TPSA) is 129 Å². The van der Waals surface area contributed by atoms with Crippen molar-refractivity contribution in [3.8, 4) is 0 Å². The number of rotatable bonds is 4. The largest absolute Gasteiger partial charge is 0.398 e. The number of carbonyl (C=O) groups excluding carboxylic acids is 3. The summed E-state index contributed by atoms with van der Waals surface area (Å²) in [4.78, 5) is 35.3. The van der Waals surface area contributed by atoms with E-state index in [9.17, 15) is 14.4 Å². The minimum Gasteiger partial charge on any atom is -0.398 e. The van der Waals surface area contributed by atoms with Crippen LogP contribution < -0.4 is 17.2 Å². The Bertz CT molecular complexity index is 797. The molecule has 0 aliphatic heterocycles. The third-order valence-electron chi connectivity index (χ3n) is 3.49. The number of nitrogens with two attached hydrogens (primary N) is 3. The fourth-order valence-corrected chi connectivity index (χ4v) is 2.26. The number of benzene rings is 2. The Kier molecular flexibility index (Phi) is 3.94. The number of primary amides is 1. The van der Waals surface area contributed by atoms with Crippen LogP contribution in [0.4, 0.5) is 11.4 Å². The Morgan fingerprint density at radius 2 is 1.73 bits per heavy atom. The Morgan fingerprint density at radius 1 is 1.09 bits per heavy atom. The van der Waals surface area contributed by atoms with Gasteiger partial charge in [-0.05, 0) is 18.6 Å². The molecule has 0 unspecified atom stereocenters. The lowest BCUT2D eigenvalue weighted by molar-refractivity contribution is 0.100. The molecular weight excluding hydrogens is 282 g/mol. The molecule has 2 rings (SSSR count). The zero-order chi connectivity index (χ0) is 16.4. The highest BCUT2D eigenvalue weighted by molar-refractivity contribution is 6.18. The lowest BCUT2D eigenvalue weighted by Crippen LogP contribution is -2.19. The van der Waals surface area contributed by atoms with Crippen LogP contribution in [0.25, 0.3) is 0 Å². The first-order valence-corrected chi connectivity index (χ1v) is 6.45. The summed E-state index contributed by atoms with van der Waals surface area (Å²) in [5.74, 6) is -1.26. The van der Waals surface area contributed by atoms with Crippen LogP contribution in [0.15, 0.2) is 30.3 Å². The Balaban J connectivity index is 2.74. The normalized spacial score (nSPS) is 10.2. The summed E-state index contributed by atoms with van der Waals surface area (Å²) >= 11 is 0. The summed E-state index contributed by atoms with van der Waals surface area (Å²) in [6.07, 6.45) is 0.583. The number of aldehydes is 1. The molecule has 0 heterocycles. The molecule has 0 saturated carbocycles. The van der Waals surface area contributed by atoms with E-state index < -0.39 is 11.7 Å². The van der Waals surface area contributed by atoms with Crippen molar-refractivity contribution in [3.63, 3.8) is 0 Å². The van der Waals surface area contributed by atoms with Gasteiger partial charge in [0, 0.05) is 16.8 Å². The van der Waals surface area contributed by atoms with Gasteiger partial charge < -0.3 is 17.2 Å². The van der Waals surface area contributed by atoms with Crippen LogP contribution in [0.2, 0.25) is 0 Å². The van der Waals surface area contributed by atoms with Gasteiger partial charge in [-0.2, -0.15) is 0 Å². The molecule has 0 spiro atoms. The van der Waals surface area contributed by atoms with E-state index in [-0.39, 0.29) is 33.6 Å². The third kappa shape index (κ3) is 2.42. The molecule has 0 aromatic heterocycles. The van der Waals surface area contributed by atoms with Crippen LogP contribution in [-0.4, -0.2) is 18.0 Å². The maximum atomic E-state index is 12.7. The predicted molar refractivity (Wildman–Crippen MR) is 83.8 cm³/mol. The van der Waals surface area contributed by atoms with E-state index in [0.29, 0.717) is 11.8 Å². The number of ketones is 1. The standard InChI is InChI=1S/C16H15N3O3/c1-8-12(17)6-11(16(19)22)14(18)13(8)15(21)10-5-3-2-4-9(10)7-20/h2-7H,17-18H2,1H3,(H2,19,22). The molecule has 112 valence electrons. The molecule has 0 saturated heterocycles. The number of carbonyl (C=O) groups is 3. The molecule has 0 bridgehead atoms. The highest BCUT2D eigenvalue weighted by Crippen LogP contribution is 2.29. The molecule has 2 aromatic rings. The average Bonchev–Trinajstić information content (AvgIpc) is 2.50. The first-order valence-electron chi connectivity index (χ1n) is 6.45. The average molecular weight is 297 g/mol. The van der Waals surface area contributed by atoms with Gasteiger partial charge in [-0.3, -0.25) is 14.4 Å². The molecular formula is C16H15N3O3. The minimum atomic E-state index is -0.776. The lowest BCUT2D eigenvalue weighted by atomic mass is 9.91. The van der Waals surface area contributed by atoms with Crippen LogP contribution in [0.3, 0.4) is 0 Å². The monoisotopic (exact) mass is 297 g/mol. The van der Waals surface area contributed by atoms with Gasteiger partial charge in [0.25, 0.3) is 5.91 Å². The fourth-order valence-electron chi connectivity index (χ4n) is 2.26. The van der Waals surface area contributed by atoms with E-state index in [2.05, 4.69) is 0 Å². The number of hydrogen-bond acceptors (Lipinski definition) is 5. The summed E-state index contributed by atoms with van der Waals surface area (Å²) in [5, 5.41) is 0. The van der Waals surface area contributed by atoms with E-state index in [0.717, 1.165) is 0 Å². The molecule has 0 aliphatic rings. The molecule has 6 N–H and O–H groups in total. The van der Waals surface area contributed by atoms with Gasteiger partial charge >= 0.3 is 0 Å². The minimum absolute atomic E-state index is 0.0185. The van der Waals surface area contributed by atoms with E-state index in [4.69, 9.17) is 17.2 Å². The van der Waals surface area contributed by atoms with Crippen molar-refractivity contribution in [2.75, 3.05) is 11.5 Å². The van der Waals surface area contributed by atoms with Crippen LogP contribution in [0, 0.1) is 6.92 Å². The van der Waals surface area contributed by atoms with Gasteiger partial charge in [-0.25, -0.2) is 0 Å². The van der Waals surface area contributed by atoms with Crippen molar-refractivity contribution in [2.24, 2.45) is 5.73 Å². The second-order valence-corrected chi connectivity index (χ2v) is 4.83. The predicted octanol–water partition coefficient (Wildman–Crippen LogP) is 1.30. The van der Waals surface area contributed by atoms with Crippen LogP contribution in [-0.2, 0) is 0 Å². The second-order valence-electron chi connectivity index (χ2n) is 4.83. The van der Waals surface area contributed by atoms with Gasteiger partial charge in [-0.1, -0.05) is 24.3 Å². The number of hydrogen-bond donors (Lipinski definition) is 3. The SMILES string of the molecule is Cc1c(N)cc(C(N)=O)c(N)c1C(=O)c1ccccc1C=O. The summed E-state index contributed by atoms with van der Waals surface area (Å²) < 4.78 is 0. The van der Waals surface area contributed by atoms with Crippen molar-refractivity contribution in [1.29, 1.82) is 0 Å². The fraction of sp³-hybridized carbons (Fsp3) is 0.0625. The first-order chi connectivity index (χ1) is 10.4. The van der Waals surface area contributed by atoms with Gasteiger partial charge in [0.15, 0.2) is 12.1 Å². The quantitative estimate of drug-likeness (QED) is 0.445. The van der Waals surface area contributed by atoms with Gasteiger partial charge in [-0.15, -0.1) is 0 Å². The zero-order valence-corrected chi connectivity index (χ0v) is 11.9. The second kappa shape index (κ2) is 5.69. The zero-order valence-electron chi connectivity index (χ0n) is 11.9. The summed E-state index contributed by atoms with van der Waals surface area (Å²) in [5.41, 5.74) is 18.1. The van der Waals surface area contributed by atoms with Crippen molar-refractivity contribution in [1.82, 2.24) is 0 Å². The van der Waals surface area contributed by atoms with E-state index >= 15 is 0 Å². The number of amides is 1. The molecule has 2 aromatic carbocycles. The molecule has 0 radical (unpaired) electrons. The van der Waals surface area contributed by atoms with Crippen LogP contribution in [0.1, 0.15) is 42.2 Å². The Labute approximate surface area is 126 Å². The third-order valence-corrected chi connectivity index (χ3v) is 3.49. The maximum absolute atomic E-state index is 12.7. The first kappa shape index (κ1) is 15.2. The molecule has 6 nitrogen and oxygen atoms in total. The van der Waals surface area contributed by atoms with E-state index in [1.54, 1.807) is 19.1 Å². The molecule has 0 aliphatic carbocycles. The highest BCUT2D eigenvalue weighted by Gasteiger charge is 2.23. The molecule has 6 heteroatoms. The van der Waals surface area contributed by atoms with Crippen LogP contribution in [0.5, 0.6) is 0 Å². The summed E-state index contributed by atoms with van der Waals surface area (Å²) in [6.45, 7) is 1.62. The smallest absolute Gasteiger partial charge is 0.250 e.